The second-order valence-electron chi connectivity index (χ2n) is 3.35. The summed E-state index contributed by atoms with van der Waals surface area (Å²) in [7, 11) is 0. The summed E-state index contributed by atoms with van der Waals surface area (Å²) in [5.41, 5.74) is 0. The molecule has 0 saturated carbocycles. The van der Waals surface area contributed by atoms with E-state index in [0.717, 1.165) is 12.4 Å². The lowest BCUT2D eigenvalue weighted by Gasteiger charge is -2.13. The van der Waals surface area contributed by atoms with Crippen LogP contribution in [0.25, 0.3) is 0 Å². The maximum atomic E-state index is 4.00. The van der Waals surface area contributed by atoms with E-state index in [1.165, 1.54) is 0 Å². The van der Waals surface area contributed by atoms with Crippen LogP contribution in [0.2, 0.25) is 0 Å². The van der Waals surface area contributed by atoms with E-state index in [1.54, 1.807) is 0 Å². The molecule has 1 rings (SSSR count). The van der Waals surface area contributed by atoms with Crippen molar-refractivity contribution in [2.75, 3.05) is 6.54 Å². The van der Waals surface area contributed by atoms with Crippen LogP contribution in [0.1, 0.15) is 45.6 Å². The number of tetrazole rings is 1. The fourth-order valence-electron chi connectivity index (χ4n) is 1.25. The normalized spacial score (nSPS) is 13.6. The lowest BCUT2D eigenvalue weighted by molar-refractivity contribution is 0.453. The van der Waals surface area contributed by atoms with Gasteiger partial charge in [0.2, 0.25) is 0 Å². The van der Waals surface area contributed by atoms with Crippen LogP contribution in [0.4, 0.5) is 0 Å². The van der Waals surface area contributed by atoms with Crippen molar-refractivity contribution in [1.82, 2.24) is 25.5 Å². The first kappa shape index (κ1) is 10.1. The first-order valence-corrected chi connectivity index (χ1v) is 4.68. The van der Waals surface area contributed by atoms with Crippen LogP contribution >= 0.6 is 0 Å². The number of nitrogens with zero attached hydrogens (tertiary/aromatic N) is 4. The average Bonchev–Trinajstić information content (AvgIpc) is 2.52. The molecule has 0 bridgehead atoms. The first-order valence-electron chi connectivity index (χ1n) is 4.68. The zero-order chi connectivity index (χ0) is 9.84. The van der Waals surface area contributed by atoms with E-state index in [-0.39, 0.29) is 6.04 Å². The Morgan fingerprint density at radius 2 is 2.08 bits per heavy atom. The van der Waals surface area contributed by atoms with E-state index in [4.69, 9.17) is 0 Å². The molecule has 0 aromatic carbocycles. The maximum Gasteiger partial charge on any atom is 0.168 e. The molecule has 1 atom stereocenters. The molecular formula is C8H17N5. The van der Waals surface area contributed by atoms with Crippen molar-refractivity contribution in [1.29, 1.82) is 0 Å². The summed E-state index contributed by atoms with van der Waals surface area (Å²) in [5.74, 6) is 0.900. The Morgan fingerprint density at radius 1 is 1.38 bits per heavy atom. The number of hydrogen-bond acceptors (Lipinski definition) is 4. The molecule has 0 aliphatic heterocycles. The smallest absolute Gasteiger partial charge is 0.168 e. The lowest BCUT2D eigenvalue weighted by Crippen LogP contribution is -2.22. The minimum absolute atomic E-state index is 0.211. The lowest BCUT2D eigenvalue weighted by atomic mass is 10.3. The second-order valence-corrected chi connectivity index (χ2v) is 3.35. The van der Waals surface area contributed by atoms with Gasteiger partial charge in [0.15, 0.2) is 5.82 Å². The van der Waals surface area contributed by atoms with Crippen molar-refractivity contribution in [3.8, 4) is 0 Å². The van der Waals surface area contributed by atoms with Crippen molar-refractivity contribution in [2.45, 2.75) is 39.8 Å². The highest BCUT2D eigenvalue weighted by Crippen LogP contribution is 2.11. The van der Waals surface area contributed by atoms with Crippen LogP contribution < -0.4 is 5.32 Å². The van der Waals surface area contributed by atoms with Crippen LogP contribution in [-0.4, -0.2) is 26.8 Å². The Bertz CT molecular complexity index is 255. The fourth-order valence-corrected chi connectivity index (χ4v) is 1.25. The highest BCUT2D eigenvalue weighted by atomic mass is 15.6. The van der Waals surface area contributed by atoms with Crippen LogP contribution in [0.15, 0.2) is 0 Å². The Kier molecular flexibility index (Phi) is 3.36. The molecule has 0 amide bonds. The van der Waals surface area contributed by atoms with E-state index < -0.39 is 0 Å². The third kappa shape index (κ3) is 2.24. The van der Waals surface area contributed by atoms with Crippen LogP contribution in [0.3, 0.4) is 0 Å². The van der Waals surface area contributed by atoms with Gasteiger partial charge in [0.1, 0.15) is 0 Å². The predicted octanol–water partition coefficient (Wildman–Crippen LogP) is 0.924. The third-order valence-corrected chi connectivity index (χ3v) is 1.91. The quantitative estimate of drug-likeness (QED) is 0.754. The zero-order valence-electron chi connectivity index (χ0n) is 8.65. The summed E-state index contributed by atoms with van der Waals surface area (Å²) < 4.78 is 1.84. The van der Waals surface area contributed by atoms with Gasteiger partial charge in [0.05, 0.1) is 12.1 Å². The summed E-state index contributed by atoms with van der Waals surface area (Å²) in [6.45, 7) is 9.19. The van der Waals surface area contributed by atoms with E-state index in [2.05, 4.69) is 48.5 Å². The first-order chi connectivity index (χ1) is 6.16. The molecule has 0 aliphatic carbocycles. The third-order valence-electron chi connectivity index (χ3n) is 1.91. The summed E-state index contributed by atoms with van der Waals surface area (Å²) in [6, 6.07) is 0.522. The van der Waals surface area contributed by atoms with Gasteiger partial charge in [-0.25, -0.2) is 4.68 Å². The van der Waals surface area contributed by atoms with E-state index in [9.17, 15) is 0 Å². The molecule has 0 spiro atoms. The van der Waals surface area contributed by atoms with Gasteiger partial charge in [-0.05, 0) is 37.7 Å². The van der Waals surface area contributed by atoms with Crippen molar-refractivity contribution in [2.24, 2.45) is 0 Å². The standard InChI is InChI=1S/C8H17N5/c1-5-9-7(4)8-10-11-12-13(8)6(2)3/h6-7,9H,5H2,1-4H3. The molecule has 5 nitrogen and oxygen atoms in total. The van der Waals surface area contributed by atoms with Gasteiger partial charge in [-0.1, -0.05) is 6.92 Å². The second kappa shape index (κ2) is 4.32. The molecule has 1 aromatic rings. The van der Waals surface area contributed by atoms with Crippen LogP contribution in [0, 0.1) is 0 Å². The molecule has 5 heteroatoms. The zero-order valence-corrected chi connectivity index (χ0v) is 8.65. The average molecular weight is 183 g/mol. The molecule has 1 unspecified atom stereocenters. The molecule has 0 aliphatic rings. The van der Waals surface area contributed by atoms with Crippen LogP contribution in [0.5, 0.6) is 0 Å². The minimum atomic E-state index is 0.211. The van der Waals surface area contributed by atoms with Crippen molar-refractivity contribution in [3.05, 3.63) is 5.82 Å². The van der Waals surface area contributed by atoms with Crippen LogP contribution in [-0.2, 0) is 0 Å². The topological polar surface area (TPSA) is 55.6 Å². The maximum absolute atomic E-state index is 4.00. The van der Waals surface area contributed by atoms with Gasteiger partial charge in [-0.3, -0.25) is 0 Å². The van der Waals surface area contributed by atoms with Crippen molar-refractivity contribution >= 4 is 0 Å². The number of rotatable bonds is 4. The molecular weight excluding hydrogens is 166 g/mol. The monoisotopic (exact) mass is 183 g/mol. The van der Waals surface area contributed by atoms with Gasteiger partial charge < -0.3 is 5.32 Å². The molecule has 1 N–H and O–H groups in total. The molecule has 1 aromatic heterocycles. The summed E-state index contributed by atoms with van der Waals surface area (Å²) >= 11 is 0. The Hall–Kier alpha value is -0.970. The van der Waals surface area contributed by atoms with Gasteiger partial charge in [0.25, 0.3) is 0 Å². The molecule has 1 heterocycles. The molecule has 0 saturated heterocycles. The van der Waals surface area contributed by atoms with E-state index >= 15 is 0 Å². The van der Waals surface area contributed by atoms with Gasteiger partial charge in [-0.2, -0.15) is 0 Å². The Labute approximate surface area is 78.5 Å². The molecule has 74 valence electrons. The number of nitrogens with one attached hydrogen (secondary N) is 1. The highest BCUT2D eigenvalue weighted by Gasteiger charge is 2.14. The van der Waals surface area contributed by atoms with Crippen molar-refractivity contribution in [3.63, 3.8) is 0 Å². The summed E-state index contributed by atoms with van der Waals surface area (Å²) in [5, 5.41) is 14.9. The summed E-state index contributed by atoms with van der Waals surface area (Å²) in [6.07, 6.45) is 0. The largest absolute Gasteiger partial charge is 0.308 e. The fraction of sp³-hybridized carbons (Fsp3) is 0.875. The number of hydrogen-bond donors (Lipinski definition) is 1. The number of aromatic nitrogens is 4. The Balaban J connectivity index is 2.80. The summed E-state index contributed by atoms with van der Waals surface area (Å²) in [4.78, 5) is 0. The van der Waals surface area contributed by atoms with Gasteiger partial charge in [-0.15, -0.1) is 5.10 Å². The molecule has 0 fully saturated rings. The van der Waals surface area contributed by atoms with E-state index in [0.29, 0.717) is 6.04 Å². The highest BCUT2D eigenvalue weighted by molar-refractivity contribution is 4.90. The predicted molar refractivity (Wildman–Crippen MR) is 50.3 cm³/mol. The SMILES string of the molecule is CCNC(C)c1nnnn1C(C)C. The van der Waals surface area contributed by atoms with Gasteiger partial charge in [0, 0.05) is 0 Å². The Morgan fingerprint density at radius 3 is 2.62 bits per heavy atom. The molecule has 0 radical (unpaired) electrons. The van der Waals surface area contributed by atoms with E-state index in [1.807, 2.05) is 4.68 Å². The van der Waals surface area contributed by atoms with Gasteiger partial charge >= 0.3 is 0 Å². The molecule has 13 heavy (non-hydrogen) atoms. The minimum Gasteiger partial charge on any atom is -0.308 e. The van der Waals surface area contributed by atoms with Crippen molar-refractivity contribution < 1.29 is 0 Å².